The Hall–Kier alpha value is -3.15. The summed E-state index contributed by atoms with van der Waals surface area (Å²) in [5.41, 5.74) is -1.15. The average Bonchev–Trinajstić information content (AvgIpc) is 3.10. The predicted molar refractivity (Wildman–Crippen MR) is 107 cm³/mol. The number of rotatable bonds is 5. The molecule has 2 aromatic rings. The summed E-state index contributed by atoms with van der Waals surface area (Å²) in [6.45, 7) is 0.784. The number of anilines is 3. The monoisotopic (exact) mass is 455 g/mol. The topological polar surface area (TPSA) is 88.6 Å². The third kappa shape index (κ3) is 4.27. The van der Waals surface area contributed by atoms with Crippen LogP contribution in [0.25, 0.3) is 0 Å². The number of nitrogens with zero attached hydrogens (tertiary/aromatic N) is 3. The van der Waals surface area contributed by atoms with Crippen molar-refractivity contribution < 1.29 is 31.8 Å². The first-order valence-electron chi connectivity index (χ1n) is 9.91. The van der Waals surface area contributed by atoms with E-state index in [9.17, 15) is 22.4 Å². The minimum atomic E-state index is -4.64. The molecule has 0 aliphatic carbocycles. The lowest BCUT2D eigenvalue weighted by Gasteiger charge is -2.32. The summed E-state index contributed by atoms with van der Waals surface area (Å²) in [6.07, 6.45) is -2.37. The Morgan fingerprint density at radius 1 is 1.25 bits per heavy atom. The van der Waals surface area contributed by atoms with Crippen molar-refractivity contribution in [3.05, 3.63) is 35.3 Å². The van der Waals surface area contributed by atoms with Gasteiger partial charge in [0.25, 0.3) is 5.91 Å². The lowest BCUT2D eigenvalue weighted by molar-refractivity contribution is -0.137. The summed E-state index contributed by atoms with van der Waals surface area (Å²) < 4.78 is 65.0. The molecule has 1 aromatic heterocycles. The standard InChI is InChI=1S/C20H21F4N5O3/c1-25-17-13(20(22,23)24)7-26-19(28-17)27-15-6-14(21)12(5-16(15)31-2)18(30)29-8-10-3-4-11(9-29)32-10/h5-7,10-11H,3-4,8-9H2,1-2H3,(H2,25,26,27,28)/t10-,11+. The van der Waals surface area contributed by atoms with Gasteiger partial charge in [-0.05, 0) is 18.9 Å². The number of carbonyl (C=O) groups is 1. The quantitative estimate of drug-likeness (QED) is 0.668. The van der Waals surface area contributed by atoms with Gasteiger partial charge in [0.1, 0.15) is 22.9 Å². The van der Waals surface area contributed by atoms with Gasteiger partial charge in [0.15, 0.2) is 0 Å². The second kappa shape index (κ2) is 8.41. The van der Waals surface area contributed by atoms with Crippen LogP contribution in [-0.2, 0) is 10.9 Å². The van der Waals surface area contributed by atoms with Crippen LogP contribution in [0.1, 0.15) is 28.8 Å². The first-order valence-corrected chi connectivity index (χ1v) is 9.91. The molecule has 2 aliphatic heterocycles. The number of hydrogen-bond donors (Lipinski definition) is 2. The summed E-state index contributed by atoms with van der Waals surface area (Å²) in [4.78, 5) is 21.9. The maximum Gasteiger partial charge on any atom is 0.421 e. The number of fused-ring (bicyclic) bond motifs is 2. The molecule has 2 bridgehead atoms. The van der Waals surface area contributed by atoms with E-state index < -0.39 is 29.3 Å². The van der Waals surface area contributed by atoms with Crippen LogP contribution in [0.4, 0.5) is 35.0 Å². The highest BCUT2D eigenvalue weighted by atomic mass is 19.4. The van der Waals surface area contributed by atoms with E-state index in [1.807, 2.05) is 0 Å². The Bertz CT molecular complexity index is 1020. The normalized spacial score (nSPS) is 20.2. The van der Waals surface area contributed by atoms with Crippen molar-refractivity contribution >= 4 is 23.4 Å². The predicted octanol–water partition coefficient (Wildman–Crippen LogP) is 3.43. The number of carbonyl (C=O) groups excluding carboxylic acids is 1. The van der Waals surface area contributed by atoms with E-state index >= 15 is 0 Å². The van der Waals surface area contributed by atoms with Crippen LogP contribution in [0.15, 0.2) is 18.3 Å². The number of hydrogen-bond acceptors (Lipinski definition) is 7. The van der Waals surface area contributed by atoms with Crippen LogP contribution >= 0.6 is 0 Å². The molecule has 0 radical (unpaired) electrons. The van der Waals surface area contributed by atoms with Gasteiger partial charge in [-0.2, -0.15) is 18.2 Å². The molecule has 32 heavy (non-hydrogen) atoms. The lowest BCUT2D eigenvalue weighted by atomic mass is 10.1. The van der Waals surface area contributed by atoms with E-state index in [0.29, 0.717) is 19.3 Å². The molecule has 2 aliphatic rings. The number of likely N-dealkylation sites (tertiary alicyclic amines) is 1. The molecule has 0 saturated carbocycles. The number of amides is 1. The summed E-state index contributed by atoms with van der Waals surface area (Å²) >= 11 is 0. The van der Waals surface area contributed by atoms with E-state index in [1.54, 1.807) is 4.90 Å². The lowest BCUT2D eigenvalue weighted by Crippen LogP contribution is -2.46. The van der Waals surface area contributed by atoms with Crippen LogP contribution in [-0.4, -0.2) is 60.2 Å². The van der Waals surface area contributed by atoms with Gasteiger partial charge in [0.05, 0.1) is 30.6 Å². The fourth-order valence-electron chi connectivity index (χ4n) is 3.90. The summed E-state index contributed by atoms with van der Waals surface area (Å²) in [5.74, 6) is -1.82. The number of aromatic nitrogens is 2. The molecular formula is C20H21F4N5O3. The van der Waals surface area contributed by atoms with Gasteiger partial charge < -0.3 is 25.0 Å². The Labute approximate surface area is 180 Å². The zero-order chi connectivity index (χ0) is 23.0. The zero-order valence-electron chi connectivity index (χ0n) is 17.3. The molecule has 8 nitrogen and oxygen atoms in total. The SMILES string of the molecule is CNc1nc(Nc2cc(F)c(C(=O)N3C[C@H]4CC[C@@H](C3)O4)cc2OC)ncc1C(F)(F)F. The van der Waals surface area contributed by atoms with Gasteiger partial charge in [-0.25, -0.2) is 9.37 Å². The Morgan fingerprint density at radius 3 is 2.53 bits per heavy atom. The summed E-state index contributed by atoms with van der Waals surface area (Å²) in [7, 11) is 2.62. The number of benzene rings is 1. The summed E-state index contributed by atoms with van der Waals surface area (Å²) in [6, 6.07) is 2.28. The van der Waals surface area contributed by atoms with Crippen molar-refractivity contribution in [1.82, 2.24) is 14.9 Å². The number of morpholine rings is 1. The number of alkyl halides is 3. The van der Waals surface area contributed by atoms with Crippen LogP contribution in [0.2, 0.25) is 0 Å². The van der Waals surface area contributed by atoms with Crippen LogP contribution in [0.5, 0.6) is 5.75 Å². The zero-order valence-corrected chi connectivity index (χ0v) is 17.3. The molecule has 12 heteroatoms. The second-order valence-electron chi connectivity index (χ2n) is 7.53. The van der Waals surface area contributed by atoms with Crippen LogP contribution in [0.3, 0.4) is 0 Å². The fraction of sp³-hybridized carbons (Fsp3) is 0.450. The maximum atomic E-state index is 14.9. The molecule has 1 amide bonds. The number of methoxy groups -OCH3 is 1. The second-order valence-corrected chi connectivity index (χ2v) is 7.53. The van der Waals surface area contributed by atoms with E-state index in [-0.39, 0.29) is 35.2 Å². The Morgan fingerprint density at radius 2 is 1.94 bits per heavy atom. The van der Waals surface area contributed by atoms with Gasteiger partial charge in [-0.15, -0.1) is 0 Å². The molecule has 2 N–H and O–H groups in total. The molecule has 0 unspecified atom stereocenters. The third-order valence-electron chi connectivity index (χ3n) is 5.43. The van der Waals surface area contributed by atoms with Crippen molar-refractivity contribution in [2.24, 2.45) is 0 Å². The number of halogens is 4. The fourth-order valence-corrected chi connectivity index (χ4v) is 3.90. The molecule has 3 heterocycles. The van der Waals surface area contributed by atoms with Gasteiger partial charge >= 0.3 is 6.18 Å². The summed E-state index contributed by atoms with van der Waals surface area (Å²) in [5, 5.41) is 5.01. The highest BCUT2D eigenvalue weighted by Gasteiger charge is 2.37. The largest absolute Gasteiger partial charge is 0.495 e. The molecule has 0 spiro atoms. The van der Waals surface area contributed by atoms with Crippen LogP contribution in [0, 0.1) is 5.82 Å². The van der Waals surface area contributed by atoms with Gasteiger partial charge in [0.2, 0.25) is 5.95 Å². The van der Waals surface area contributed by atoms with Crippen molar-refractivity contribution in [3.8, 4) is 5.75 Å². The van der Waals surface area contributed by atoms with Crippen molar-refractivity contribution in [3.63, 3.8) is 0 Å². The molecule has 4 rings (SSSR count). The Balaban J connectivity index is 1.59. The molecular weight excluding hydrogens is 434 g/mol. The highest BCUT2D eigenvalue weighted by molar-refractivity contribution is 5.96. The number of nitrogens with one attached hydrogen (secondary N) is 2. The maximum absolute atomic E-state index is 14.9. The molecule has 2 saturated heterocycles. The van der Waals surface area contributed by atoms with Crippen molar-refractivity contribution in [1.29, 1.82) is 0 Å². The molecule has 2 fully saturated rings. The first-order chi connectivity index (χ1) is 15.2. The average molecular weight is 455 g/mol. The number of ether oxygens (including phenoxy) is 2. The molecule has 2 atom stereocenters. The molecule has 172 valence electrons. The minimum Gasteiger partial charge on any atom is -0.495 e. The van der Waals surface area contributed by atoms with E-state index in [2.05, 4.69) is 20.6 Å². The van der Waals surface area contributed by atoms with E-state index in [0.717, 1.165) is 18.9 Å². The smallest absolute Gasteiger partial charge is 0.421 e. The first kappa shape index (κ1) is 22.1. The van der Waals surface area contributed by atoms with Crippen LogP contribution < -0.4 is 15.4 Å². The van der Waals surface area contributed by atoms with Gasteiger partial charge in [-0.3, -0.25) is 4.79 Å². The van der Waals surface area contributed by atoms with Gasteiger partial charge in [0, 0.05) is 32.4 Å². The van der Waals surface area contributed by atoms with E-state index in [1.165, 1.54) is 20.2 Å². The third-order valence-corrected chi connectivity index (χ3v) is 5.43. The Kier molecular flexibility index (Phi) is 5.80. The van der Waals surface area contributed by atoms with Gasteiger partial charge in [-0.1, -0.05) is 0 Å². The minimum absolute atomic E-state index is 0.0400. The van der Waals surface area contributed by atoms with Crippen molar-refractivity contribution in [2.75, 3.05) is 37.9 Å². The van der Waals surface area contributed by atoms with E-state index in [4.69, 9.17) is 9.47 Å². The molecule has 1 aromatic carbocycles. The van der Waals surface area contributed by atoms with Crippen molar-refractivity contribution in [2.45, 2.75) is 31.2 Å². The highest BCUT2D eigenvalue weighted by Crippen LogP contribution is 2.35.